The van der Waals surface area contributed by atoms with E-state index in [0.29, 0.717) is 18.5 Å². The summed E-state index contributed by atoms with van der Waals surface area (Å²) in [5.74, 6) is 0.445. The van der Waals surface area contributed by atoms with Crippen LogP contribution in [-0.2, 0) is 17.8 Å². The van der Waals surface area contributed by atoms with Gasteiger partial charge in [0.05, 0.1) is 0 Å². The first-order chi connectivity index (χ1) is 12.1. The van der Waals surface area contributed by atoms with Gasteiger partial charge in [-0.15, -0.1) is 0 Å². The Kier molecular flexibility index (Phi) is 5.48. The lowest BCUT2D eigenvalue weighted by molar-refractivity contribution is -0.124. The standard InChI is InChI=1S/C19H27N5O/c1-14(2)18(10-21-19(25)15(3)24-13-20-12-22-24)23-9-8-16-6-4-5-7-17(16)11-23/h4-7,12-15,18H,8-11H2,1-3H3,(H,21,25)/t15-,18-/m0/s1. The van der Waals surface area contributed by atoms with E-state index in [2.05, 4.69) is 58.4 Å². The average molecular weight is 341 g/mol. The van der Waals surface area contributed by atoms with Crippen LogP contribution in [0.25, 0.3) is 0 Å². The summed E-state index contributed by atoms with van der Waals surface area (Å²) in [5.41, 5.74) is 2.85. The van der Waals surface area contributed by atoms with Gasteiger partial charge in [-0.1, -0.05) is 38.1 Å². The Hall–Kier alpha value is -2.21. The minimum Gasteiger partial charge on any atom is -0.353 e. The van der Waals surface area contributed by atoms with Gasteiger partial charge in [0.1, 0.15) is 18.7 Å². The van der Waals surface area contributed by atoms with E-state index in [1.807, 2.05) is 6.92 Å². The molecule has 0 fully saturated rings. The third-order valence-corrected chi connectivity index (χ3v) is 5.10. The summed E-state index contributed by atoms with van der Waals surface area (Å²) >= 11 is 0. The first kappa shape index (κ1) is 17.6. The Morgan fingerprint density at radius 1 is 1.24 bits per heavy atom. The zero-order chi connectivity index (χ0) is 17.8. The van der Waals surface area contributed by atoms with Crippen LogP contribution in [-0.4, -0.2) is 44.7 Å². The molecule has 1 aromatic carbocycles. The number of benzene rings is 1. The Labute approximate surface area is 149 Å². The minimum atomic E-state index is -0.350. The van der Waals surface area contributed by atoms with Gasteiger partial charge in [-0.2, -0.15) is 5.10 Å². The van der Waals surface area contributed by atoms with E-state index in [-0.39, 0.29) is 11.9 Å². The smallest absolute Gasteiger partial charge is 0.244 e. The summed E-state index contributed by atoms with van der Waals surface area (Å²) in [7, 11) is 0. The van der Waals surface area contributed by atoms with E-state index in [9.17, 15) is 4.79 Å². The summed E-state index contributed by atoms with van der Waals surface area (Å²) in [6.45, 7) is 8.92. The maximum Gasteiger partial charge on any atom is 0.244 e. The molecule has 1 aromatic heterocycles. The molecule has 0 bridgehead atoms. The summed E-state index contributed by atoms with van der Waals surface area (Å²) in [4.78, 5) is 18.8. The molecule has 134 valence electrons. The summed E-state index contributed by atoms with van der Waals surface area (Å²) in [6.07, 6.45) is 4.10. The van der Waals surface area contributed by atoms with E-state index >= 15 is 0 Å². The molecule has 0 saturated carbocycles. The number of carbonyl (C=O) groups excluding carboxylic acids is 1. The third kappa shape index (κ3) is 4.07. The molecule has 25 heavy (non-hydrogen) atoms. The maximum absolute atomic E-state index is 12.4. The van der Waals surface area contributed by atoms with Crippen molar-refractivity contribution in [3.05, 3.63) is 48.0 Å². The quantitative estimate of drug-likeness (QED) is 0.873. The molecular formula is C19H27N5O. The SMILES string of the molecule is CC(C)[C@H](CNC(=O)[C@H](C)n1cncn1)N1CCc2ccccc2C1. The monoisotopic (exact) mass is 341 g/mol. The molecule has 0 radical (unpaired) electrons. The van der Waals surface area contributed by atoms with Gasteiger partial charge in [-0.05, 0) is 30.4 Å². The predicted molar refractivity (Wildman–Crippen MR) is 96.9 cm³/mol. The van der Waals surface area contributed by atoms with E-state index < -0.39 is 0 Å². The highest BCUT2D eigenvalue weighted by Crippen LogP contribution is 2.22. The first-order valence-corrected chi connectivity index (χ1v) is 8.99. The van der Waals surface area contributed by atoms with Crippen molar-refractivity contribution in [2.24, 2.45) is 5.92 Å². The van der Waals surface area contributed by atoms with Crippen LogP contribution in [0, 0.1) is 5.92 Å². The van der Waals surface area contributed by atoms with Crippen molar-refractivity contribution in [2.45, 2.75) is 45.8 Å². The third-order valence-electron chi connectivity index (χ3n) is 5.10. The molecule has 1 N–H and O–H groups in total. The van der Waals surface area contributed by atoms with Crippen molar-refractivity contribution in [1.82, 2.24) is 25.0 Å². The molecule has 0 aliphatic carbocycles. The number of nitrogens with zero attached hydrogens (tertiary/aromatic N) is 4. The highest BCUT2D eigenvalue weighted by Gasteiger charge is 2.27. The Balaban J connectivity index is 1.61. The highest BCUT2D eigenvalue weighted by atomic mass is 16.2. The molecule has 1 aliphatic rings. The molecule has 1 aliphatic heterocycles. The van der Waals surface area contributed by atoms with Crippen molar-refractivity contribution in [3.8, 4) is 0 Å². The van der Waals surface area contributed by atoms with Gasteiger partial charge in [0, 0.05) is 25.7 Å². The fourth-order valence-electron chi connectivity index (χ4n) is 3.48. The molecule has 1 amide bonds. The van der Waals surface area contributed by atoms with Crippen LogP contribution in [0.1, 0.15) is 37.9 Å². The number of carbonyl (C=O) groups is 1. The van der Waals surface area contributed by atoms with Crippen LogP contribution in [0.4, 0.5) is 0 Å². The molecular weight excluding hydrogens is 314 g/mol. The Bertz CT molecular complexity index is 698. The van der Waals surface area contributed by atoms with Crippen LogP contribution in [0.5, 0.6) is 0 Å². The second-order valence-electron chi connectivity index (χ2n) is 7.10. The van der Waals surface area contributed by atoms with Gasteiger partial charge >= 0.3 is 0 Å². The first-order valence-electron chi connectivity index (χ1n) is 8.99. The zero-order valence-corrected chi connectivity index (χ0v) is 15.2. The van der Waals surface area contributed by atoms with Gasteiger partial charge in [0.15, 0.2) is 0 Å². The minimum absolute atomic E-state index is 0.0199. The van der Waals surface area contributed by atoms with Gasteiger partial charge in [0.2, 0.25) is 5.91 Å². The largest absolute Gasteiger partial charge is 0.353 e. The number of hydrogen-bond acceptors (Lipinski definition) is 4. The van der Waals surface area contributed by atoms with Crippen LogP contribution in [0.2, 0.25) is 0 Å². The van der Waals surface area contributed by atoms with Gasteiger partial charge in [-0.3, -0.25) is 9.69 Å². The Morgan fingerprint density at radius 3 is 2.68 bits per heavy atom. The van der Waals surface area contributed by atoms with Crippen molar-refractivity contribution < 1.29 is 4.79 Å². The van der Waals surface area contributed by atoms with Crippen molar-refractivity contribution in [2.75, 3.05) is 13.1 Å². The summed E-state index contributed by atoms with van der Waals surface area (Å²) < 4.78 is 1.58. The molecule has 0 spiro atoms. The van der Waals surface area contributed by atoms with Crippen LogP contribution < -0.4 is 5.32 Å². The van der Waals surface area contributed by atoms with Crippen molar-refractivity contribution in [3.63, 3.8) is 0 Å². The number of hydrogen-bond donors (Lipinski definition) is 1. The number of amides is 1. The highest BCUT2D eigenvalue weighted by molar-refractivity contribution is 5.79. The normalized spacial score (nSPS) is 17.1. The van der Waals surface area contributed by atoms with E-state index in [0.717, 1.165) is 19.5 Å². The molecule has 3 rings (SSSR count). The van der Waals surface area contributed by atoms with E-state index in [1.54, 1.807) is 11.0 Å². The summed E-state index contributed by atoms with van der Waals surface area (Å²) in [6, 6.07) is 8.62. The zero-order valence-electron chi connectivity index (χ0n) is 15.2. The van der Waals surface area contributed by atoms with Crippen LogP contribution in [0.15, 0.2) is 36.9 Å². The fraction of sp³-hybridized carbons (Fsp3) is 0.526. The average Bonchev–Trinajstić information content (AvgIpc) is 3.15. The number of fused-ring (bicyclic) bond motifs is 1. The molecule has 2 aromatic rings. The van der Waals surface area contributed by atoms with E-state index in [1.165, 1.54) is 17.5 Å². The second-order valence-corrected chi connectivity index (χ2v) is 7.10. The number of aromatic nitrogens is 3. The van der Waals surface area contributed by atoms with Gasteiger partial charge in [-0.25, -0.2) is 9.67 Å². The topological polar surface area (TPSA) is 63.1 Å². The molecule has 0 unspecified atom stereocenters. The lowest BCUT2D eigenvalue weighted by atomic mass is 9.95. The molecule has 2 atom stereocenters. The molecule has 0 saturated heterocycles. The number of nitrogens with one attached hydrogen (secondary N) is 1. The van der Waals surface area contributed by atoms with Crippen LogP contribution in [0.3, 0.4) is 0 Å². The lowest BCUT2D eigenvalue weighted by Gasteiger charge is -2.38. The van der Waals surface area contributed by atoms with Gasteiger partial charge in [0.25, 0.3) is 0 Å². The van der Waals surface area contributed by atoms with Crippen molar-refractivity contribution >= 4 is 5.91 Å². The fourth-order valence-corrected chi connectivity index (χ4v) is 3.48. The molecule has 2 heterocycles. The van der Waals surface area contributed by atoms with Gasteiger partial charge < -0.3 is 5.32 Å². The Morgan fingerprint density at radius 2 is 2.00 bits per heavy atom. The molecule has 6 heteroatoms. The lowest BCUT2D eigenvalue weighted by Crippen LogP contribution is -2.49. The second kappa shape index (κ2) is 7.78. The van der Waals surface area contributed by atoms with Crippen LogP contribution >= 0.6 is 0 Å². The van der Waals surface area contributed by atoms with Crippen molar-refractivity contribution in [1.29, 1.82) is 0 Å². The number of rotatable bonds is 6. The maximum atomic E-state index is 12.4. The predicted octanol–water partition coefficient (Wildman–Crippen LogP) is 2.04. The van der Waals surface area contributed by atoms with E-state index in [4.69, 9.17) is 0 Å². The molecule has 6 nitrogen and oxygen atoms in total. The summed E-state index contributed by atoms with van der Waals surface area (Å²) in [5, 5.41) is 7.15.